The van der Waals surface area contributed by atoms with Crippen molar-refractivity contribution in [1.82, 2.24) is 9.97 Å². The summed E-state index contributed by atoms with van der Waals surface area (Å²) in [7, 11) is -3.49. The third-order valence-corrected chi connectivity index (χ3v) is 5.66. The van der Waals surface area contributed by atoms with Crippen LogP contribution in [0.2, 0.25) is 5.02 Å². The molecule has 174 valence electrons. The number of nitrogens with zero attached hydrogens (tertiary/aromatic N) is 3. The Morgan fingerprint density at radius 1 is 1.06 bits per heavy atom. The molecule has 3 N–H and O–H groups in total. The average molecular weight is 493 g/mol. The van der Waals surface area contributed by atoms with E-state index < -0.39 is 15.8 Å². The lowest BCUT2D eigenvalue weighted by Gasteiger charge is -2.29. The zero-order chi connectivity index (χ0) is 23.4. The number of nitrogens with one attached hydrogen (secondary N) is 3. The molecule has 1 fully saturated rings. The molecule has 4 rings (SSSR count). The number of morpholine rings is 1. The van der Waals surface area contributed by atoms with E-state index in [1.165, 1.54) is 12.3 Å². The van der Waals surface area contributed by atoms with Crippen LogP contribution >= 0.6 is 11.6 Å². The number of halogens is 2. The number of hydrogen-bond donors (Lipinski definition) is 3. The third kappa shape index (κ3) is 6.01. The van der Waals surface area contributed by atoms with E-state index in [9.17, 15) is 12.8 Å². The summed E-state index contributed by atoms with van der Waals surface area (Å²) < 4.78 is 45.8. The molecule has 0 saturated carbocycles. The fourth-order valence-electron chi connectivity index (χ4n) is 3.27. The minimum absolute atomic E-state index is 0.119. The summed E-state index contributed by atoms with van der Waals surface area (Å²) in [6.45, 7) is 2.63. The van der Waals surface area contributed by atoms with Crippen LogP contribution in [0.25, 0.3) is 0 Å². The minimum atomic E-state index is -3.49. The van der Waals surface area contributed by atoms with Crippen molar-refractivity contribution < 1.29 is 17.5 Å². The lowest BCUT2D eigenvalue weighted by molar-refractivity contribution is 0.122. The molecule has 1 aliphatic heterocycles. The SMILES string of the molecule is CS(=O)(=O)Nc1ccccc1Nc1nc(Nc2ccc(N3CCOCC3)cc2F)ncc1Cl. The van der Waals surface area contributed by atoms with Gasteiger partial charge in [-0.2, -0.15) is 4.98 Å². The summed E-state index contributed by atoms with van der Waals surface area (Å²) in [6, 6.07) is 11.6. The van der Waals surface area contributed by atoms with Crippen LogP contribution < -0.4 is 20.3 Å². The van der Waals surface area contributed by atoms with E-state index in [1.807, 2.05) is 6.07 Å². The molecule has 0 unspecified atom stereocenters. The van der Waals surface area contributed by atoms with Crippen LogP contribution in [0.15, 0.2) is 48.7 Å². The summed E-state index contributed by atoms with van der Waals surface area (Å²) in [6.07, 6.45) is 2.42. The first-order valence-electron chi connectivity index (χ1n) is 10.0. The monoisotopic (exact) mass is 492 g/mol. The molecule has 0 spiro atoms. The first-order valence-corrected chi connectivity index (χ1v) is 12.3. The van der Waals surface area contributed by atoms with Crippen molar-refractivity contribution in [2.45, 2.75) is 0 Å². The second-order valence-corrected chi connectivity index (χ2v) is 9.48. The largest absolute Gasteiger partial charge is 0.378 e. The van der Waals surface area contributed by atoms with Gasteiger partial charge in [0.25, 0.3) is 0 Å². The summed E-state index contributed by atoms with van der Waals surface area (Å²) in [5.74, 6) is -0.106. The topological polar surface area (TPSA) is 108 Å². The molecule has 1 saturated heterocycles. The Balaban J connectivity index is 1.54. The number of anilines is 6. The number of aromatic nitrogens is 2. The quantitative estimate of drug-likeness (QED) is 0.454. The molecule has 1 aromatic heterocycles. The van der Waals surface area contributed by atoms with Gasteiger partial charge in [0.15, 0.2) is 5.82 Å². The molecule has 0 bridgehead atoms. The van der Waals surface area contributed by atoms with Gasteiger partial charge in [-0.05, 0) is 30.3 Å². The van der Waals surface area contributed by atoms with Crippen LogP contribution in [0, 0.1) is 5.82 Å². The van der Waals surface area contributed by atoms with Crippen LogP contribution in [0.4, 0.5) is 38.9 Å². The Hall–Kier alpha value is -3.15. The number of para-hydroxylation sites is 2. The van der Waals surface area contributed by atoms with Gasteiger partial charge < -0.3 is 20.3 Å². The molecular formula is C21H22ClFN6O3S. The predicted octanol–water partition coefficient (Wildman–Crippen LogP) is 3.96. The van der Waals surface area contributed by atoms with Gasteiger partial charge in [-0.15, -0.1) is 0 Å². The first kappa shape index (κ1) is 23.0. The van der Waals surface area contributed by atoms with Crippen molar-refractivity contribution in [2.75, 3.05) is 52.8 Å². The number of rotatable bonds is 7. The molecule has 0 amide bonds. The lowest BCUT2D eigenvalue weighted by atomic mass is 10.2. The highest BCUT2D eigenvalue weighted by Crippen LogP contribution is 2.30. The zero-order valence-corrected chi connectivity index (χ0v) is 19.3. The van der Waals surface area contributed by atoms with E-state index in [1.54, 1.807) is 30.3 Å². The number of benzene rings is 2. The molecule has 2 aromatic carbocycles. The maximum absolute atomic E-state index is 14.7. The molecule has 0 aliphatic carbocycles. The third-order valence-electron chi connectivity index (χ3n) is 4.79. The smallest absolute Gasteiger partial charge is 0.229 e. The number of hydrogen-bond acceptors (Lipinski definition) is 8. The van der Waals surface area contributed by atoms with Crippen LogP contribution in [0.1, 0.15) is 0 Å². The highest BCUT2D eigenvalue weighted by atomic mass is 35.5. The van der Waals surface area contributed by atoms with Crippen molar-refractivity contribution >= 4 is 56.1 Å². The van der Waals surface area contributed by atoms with Gasteiger partial charge >= 0.3 is 0 Å². The Labute approximate surface area is 196 Å². The van der Waals surface area contributed by atoms with E-state index in [0.717, 1.165) is 11.9 Å². The van der Waals surface area contributed by atoms with Gasteiger partial charge in [0.05, 0.1) is 42.7 Å². The van der Waals surface area contributed by atoms with Gasteiger partial charge in [-0.1, -0.05) is 23.7 Å². The summed E-state index contributed by atoms with van der Waals surface area (Å²) >= 11 is 6.23. The Bertz CT molecular complexity index is 1250. The molecule has 33 heavy (non-hydrogen) atoms. The summed E-state index contributed by atoms with van der Waals surface area (Å²) in [5, 5.41) is 6.06. The van der Waals surface area contributed by atoms with Gasteiger partial charge in [-0.3, -0.25) is 4.72 Å². The van der Waals surface area contributed by atoms with E-state index in [0.29, 0.717) is 37.7 Å². The molecule has 12 heteroatoms. The van der Waals surface area contributed by atoms with Crippen molar-refractivity contribution in [3.8, 4) is 0 Å². The Morgan fingerprint density at radius 3 is 2.48 bits per heavy atom. The van der Waals surface area contributed by atoms with Gasteiger partial charge in [0, 0.05) is 18.8 Å². The van der Waals surface area contributed by atoms with Crippen LogP contribution in [-0.2, 0) is 14.8 Å². The second-order valence-electron chi connectivity index (χ2n) is 7.32. The Morgan fingerprint density at radius 2 is 1.79 bits per heavy atom. The second kappa shape index (κ2) is 9.77. The van der Waals surface area contributed by atoms with E-state index in [4.69, 9.17) is 16.3 Å². The lowest BCUT2D eigenvalue weighted by Crippen LogP contribution is -2.36. The van der Waals surface area contributed by atoms with Crippen molar-refractivity contribution in [2.24, 2.45) is 0 Å². The summed E-state index contributed by atoms with van der Waals surface area (Å²) in [4.78, 5) is 10.5. The van der Waals surface area contributed by atoms with Crippen molar-refractivity contribution in [1.29, 1.82) is 0 Å². The van der Waals surface area contributed by atoms with Crippen molar-refractivity contribution in [3.63, 3.8) is 0 Å². The van der Waals surface area contributed by atoms with Crippen molar-refractivity contribution in [3.05, 3.63) is 59.5 Å². The van der Waals surface area contributed by atoms with Gasteiger partial charge in [0.1, 0.15) is 10.8 Å². The first-order chi connectivity index (χ1) is 15.8. The molecule has 0 atom stereocenters. The van der Waals surface area contributed by atoms with Gasteiger partial charge in [0.2, 0.25) is 16.0 Å². The van der Waals surface area contributed by atoms with Gasteiger partial charge in [-0.25, -0.2) is 17.8 Å². The molecule has 0 radical (unpaired) electrons. The van der Waals surface area contributed by atoms with E-state index >= 15 is 0 Å². The number of ether oxygens (including phenoxy) is 1. The van der Waals surface area contributed by atoms with Crippen LogP contribution in [0.5, 0.6) is 0 Å². The normalized spacial score (nSPS) is 14.1. The predicted molar refractivity (Wildman–Crippen MR) is 128 cm³/mol. The molecule has 2 heterocycles. The fraction of sp³-hybridized carbons (Fsp3) is 0.238. The zero-order valence-electron chi connectivity index (χ0n) is 17.7. The molecule has 9 nitrogen and oxygen atoms in total. The number of sulfonamides is 1. The highest BCUT2D eigenvalue weighted by Gasteiger charge is 2.15. The molecular weight excluding hydrogens is 471 g/mol. The molecule has 1 aliphatic rings. The van der Waals surface area contributed by atoms with E-state index in [2.05, 4.69) is 30.2 Å². The standard InChI is InChI=1S/C21H22ClFN6O3S/c1-33(30,31)28-19-5-3-2-4-18(19)25-20-15(22)13-24-21(27-20)26-17-7-6-14(12-16(17)23)29-8-10-32-11-9-29/h2-7,12-13,28H,8-11H2,1H3,(H2,24,25,26,27). The minimum Gasteiger partial charge on any atom is -0.378 e. The maximum atomic E-state index is 14.7. The highest BCUT2D eigenvalue weighted by molar-refractivity contribution is 7.92. The summed E-state index contributed by atoms with van der Waals surface area (Å²) in [5.41, 5.74) is 1.75. The maximum Gasteiger partial charge on any atom is 0.229 e. The molecule has 3 aromatic rings. The average Bonchev–Trinajstić information content (AvgIpc) is 2.78. The van der Waals surface area contributed by atoms with Crippen LogP contribution in [-0.4, -0.2) is 50.9 Å². The van der Waals surface area contributed by atoms with Crippen LogP contribution in [0.3, 0.4) is 0 Å². The fourth-order valence-corrected chi connectivity index (χ4v) is 3.98. The van der Waals surface area contributed by atoms with E-state index in [-0.39, 0.29) is 22.5 Å². The Kier molecular flexibility index (Phi) is 6.82.